The molecule has 5 rings (SSSR count). The van der Waals surface area contributed by atoms with Crippen LogP contribution in [-0.2, 0) is 26.0 Å². The van der Waals surface area contributed by atoms with E-state index in [0.29, 0.717) is 29.8 Å². The van der Waals surface area contributed by atoms with Gasteiger partial charge in [0, 0.05) is 36.8 Å². The van der Waals surface area contributed by atoms with E-state index in [4.69, 9.17) is 4.74 Å². The quantitative estimate of drug-likeness (QED) is 0.724. The number of aryl methyl sites for hydroxylation is 1. The van der Waals surface area contributed by atoms with E-state index in [1.807, 2.05) is 23.1 Å². The topological polar surface area (TPSA) is 96.0 Å². The lowest BCUT2D eigenvalue weighted by Crippen LogP contribution is -2.46. The molecule has 34 heavy (non-hydrogen) atoms. The first-order chi connectivity index (χ1) is 16.2. The number of nitrogens with one attached hydrogen (secondary N) is 1. The van der Waals surface area contributed by atoms with Crippen molar-refractivity contribution in [2.75, 3.05) is 23.3 Å². The van der Waals surface area contributed by atoms with Crippen LogP contribution in [0.3, 0.4) is 0 Å². The lowest BCUT2D eigenvalue weighted by Gasteiger charge is -2.34. The minimum Gasteiger partial charge on any atom is -0.479 e. The molecule has 2 aromatic carbocycles. The van der Waals surface area contributed by atoms with E-state index in [0.717, 1.165) is 12.1 Å². The second-order valence-corrected chi connectivity index (χ2v) is 11.3. The fraction of sp³-hybridized carbons (Fsp3) is 0.440. The van der Waals surface area contributed by atoms with Crippen molar-refractivity contribution in [1.29, 1.82) is 0 Å². The van der Waals surface area contributed by atoms with Crippen LogP contribution in [0.2, 0.25) is 0 Å². The molecule has 9 heteroatoms. The maximum Gasteiger partial charge on any atom is 0.265 e. The normalized spacial score (nSPS) is 23.1. The second-order valence-electron chi connectivity index (χ2n) is 9.43. The van der Waals surface area contributed by atoms with E-state index in [9.17, 15) is 18.0 Å². The number of fused-ring (bicyclic) bond motifs is 2. The van der Waals surface area contributed by atoms with Crippen LogP contribution in [0.1, 0.15) is 37.8 Å². The smallest absolute Gasteiger partial charge is 0.265 e. The summed E-state index contributed by atoms with van der Waals surface area (Å²) in [4.78, 5) is 27.3. The van der Waals surface area contributed by atoms with Crippen molar-refractivity contribution in [2.24, 2.45) is 5.92 Å². The monoisotopic (exact) mass is 483 g/mol. The predicted octanol–water partition coefficient (Wildman–Crippen LogP) is 3.09. The number of para-hydroxylation sites is 1. The summed E-state index contributed by atoms with van der Waals surface area (Å²) in [6.45, 7) is 5.95. The molecule has 0 saturated carbocycles. The third kappa shape index (κ3) is 3.76. The van der Waals surface area contributed by atoms with Gasteiger partial charge in [0.05, 0.1) is 10.6 Å². The first-order valence-electron chi connectivity index (χ1n) is 11.7. The summed E-state index contributed by atoms with van der Waals surface area (Å²) in [5.41, 5.74) is 3.17. The van der Waals surface area contributed by atoms with E-state index >= 15 is 0 Å². The Kier molecular flexibility index (Phi) is 5.64. The van der Waals surface area contributed by atoms with Gasteiger partial charge in [0.15, 0.2) is 6.10 Å². The Morgan fingerprint density at radius 3 is 2.56 bits per heavy atom. The summed E-state index contributed by atoms with van der Waals surface area (Å²) in [5, 5.41) is 2.75. The van der Waals surface area contributed by atoms with Crippen molar-refractivity contribution in [3.63, 3.8) is 0 Å². The average molecular weight is 484 g/mol. The number of sulfonamides is 1. The maximum absolute atomic E-state index is 13.5. The molecular weight excluding hydrogens is 454 g/mol. The lowest BCUT2D eigenvalue weighted by atomic mass is 9.96. The molecule has 0 aliphatic carbocycles. The Labute approximate surface area is 199 Å². The summed E-state index contributed by atoms with van der Waals surface area (Å²) >= 11 is 0. The molecule has 0 unspecified atom stereocenters. The van der Waals surface area contributed by atoms with E-state index in [2.05, 4.69) is 18.3 Å². The molecule has 3 heterocycles. The van der Waals surface area contributed by atoms with Crippen LogP contribution >= 0.6 is 0 Å². The molecule has 0 radical (unpaired) electrons. The molecule has 180 valence electrons. The fourth-order valence-electron chi connectivity index (χ4n) is 5.20. The number of hydrogen-bond donors (Lipinski definition) is 1. The number of anilines is 2. The van der Waals surface area contributed by atoms with E-state index < -0.39 is 16.1 Å². The molecule has 1 N–H and O–H groups in total. The van der Waals surface area contributed by atoms with Crippen LogP contribution in [0.4, 0.5) is 11.4 Å². The fourth-order valence-corrected chi connectivity index (χ4v) is 6.89. The molecule has 0 bridgehead atoms. The molecule has 0 spiro atoms. The van der Waals surface area contributed by atoms with Crippen molar-refractivity contribution in [1.82, 2.24) is 4.31 Å². The van der Waals surface area contributed by atoms with Crippen molar-refractivity contribution >= 4 is 33.2 Å². The van der Waals surface area contributed by atoms with E-state index in [1.54, 1.807) is 19.9 Å². The van der Waals surface area contributed by atoms with Crippen molar-refractivity contribution in [2.45, 2.75) is 57.1 Å². The van der Waals surface area contributed by atoms with Gasteiger partial charge < -0.3 is 15.0 Å². The Hall–Kier alpha value is -2.91. The molecule has 1 saturated heterocycles. The number of nitrogens with zero attached hydrogens (tertiary/aromatic N) is 2. The molecule has 3 aliphatic rings. The summed E-state index contributed by atoms with van der Waals surface area (Å²) in [6, 6.07) is 11.2. The minimum atomic E-state index is -3.77. The average Bonchev–Trinajstić information content (AvgIpc) is 3.15. The third-order valence-corrected chi connectivity index (χ3v) is 9.11. The Morgan fingerprint density at radius 1 is 1.12 bits per heavy atom. The number of amides is 2. The second kappa shape index (κ2) is 8.39. The van der Waals surface area contributed by atoms with Crippen molar-refractivity contribution in [3.05, 3.63) is 47.5 Å². The van der Waals surface area contributed by atoms with Gasteiger partial charge in [-0.2, -0.15) is 4.31 Å². The molecule has 0 aromatic heterocycles. The highest BCUT2D eigenvalue weighted by molar-refractivity contribution is 7.89. The Bertz CT molecular complexity index is 1270. The lowest BCUT2D eigenvalue weighted by molar-refractivity contribution is -0.124. The van der Waals surface area contributed by atoms with Gasteiger partial charge in [-0.25, -0.2) is 8.42 Å². The van der Waals surface area contributed by atoms with Gasteiger partial charge in [0.2, 0.25) is 15.9 Å². The molecule has 8 nitrogen and oxygen atoms in total. The number of benzene rings is 2. The van der Waals surface area contributed by atoms with Gasteiger partial charge in [-0.3, -0.25) is 9.59 Å². The summed E-state index contributed by atoms with van der Waals surface area (Å²) in [5.74, 6) is -0.0334. The van der Waals surface area contributed by atoms with Crippen LogP contribution in [0.25, 0.3) is 0 Å². The zero-order valence-corrected chi connectivity index (χ0v) is 20.4. The van der Waals surface area contributed by atoms with Crippen LogP contribution in [0.15, 0.2) is 41.3 Å². The molecule has 2 atom stereocenters. The van der Waals surface area contributed by atoms with Crippen LogP contribution < -0.4 is 15.0 Å². The van der Waals surface area contributed by atoms with Crippen LogP contribution in [0.5, 0.6) is 5.75 Å². The standard InChI is InChI=1S/C25H29N3O5S/c1-15-12-20-22(33-17(3)24(29)26-20)14-23(15)34(31,32)27-10-8-18(9-11-27)25(30)28-16(2)13-19-6-4-5-7-21(19)28/h4-7,12,14,16-18H,8-11,13H2,1-3H3,(H,26,29)/t16-,17-/m1/s1. The van der Waals surface area contributed by atoms with E-state index in [-0.39, 0.29) is 41.8 Å². The summed E-state index contributed by atoms with van der Waals surface area (Å²) in [7, 11) is -3.77. The van der Waals surface area contributed by atoms with E-state index in [1.165, 1.54) is 15.9 Å². The number of hydrogen-bond acceptors (Lipinski definition) is 5. The van der Waals surface area contributed by atoms with Crippen molar-refractivity contribution in [3.8, 4) is 5.75 Å². The highest BCUT2D eigenvalue weighted by Gasteiger charge is 2.39. The first kappa shape index (κ1) is 22.9. The maximum atomic E-state index is 13.5. The zero-order valence-electron chi connectivity index (χ0n) is 19.6. The Morgan fingerprint density at radius 2 is 1.82 bits per heavy atom. The molecule has 2 aromatic rings. The van der Waals surface area contributed by atoms with Gasteiger partial charge in [0.1, 0.15) is 5.75 Å². The highest BCUT2D eigenvalue weighted by Crippen LogP contribution is 2.38. The molecule has 3 aliphatic heterocycles. The number of carbonyl (C=O) groups excluding carboxylic acids is 2. The Balaban J connectivity index is 1.32. The van der Waals surface area contributed by atoms with Crippen LogP contribution in [0, 0.1) is 12.8 Å². The first-order valence-corrected chi connectivity index (χ1v) is 13.1. The zero-order chi connectivity index (χ0) is 24.2. The molecular formula is C25H29N3O5S. The van der Waals surface area contributed by atoms with Gasteiger partial charge in [-0.1, -0.05) is 18.2 Å². The van der Waals surface area contributed by atoms with Gasteiger partial charge >= 0.3 is 0 Å². The number of ether oxygens (including phenoxy) is 1. The number of rotatable bonds is 3. The summed E-state index contributed by atoms with van der Waals surface area (Å²) in [6.07, 6.45) is 1.12. The largest absolute Gasteiger partial charge is 0.479 e. The number of piperidine rings is 1. The highest BCUT2D eigenvalue weighted by atomic mass is 32.2. The minimum absolute atomic E-state index is 0.0811. The summed E-state index contributed by atoms with van der Waals surface area (Å²) < 4.78 is 34.0. The van der Waals surface area contributed by atoms with Crippen molar-refractivity contribution < 1.29 is 22.7 Å². The SMILES string of the molecule is Cc1cc2c(cc1S(=O)(=O)N1CCC(C(=O)N3c4ccccc4C[C@H]3C)CC1)O[C@H](C)C(=O)N2. The molecule has 2 amide bonds. The predicted molar refractivity (Wildman–Crippen MR) is 128 cm³/mol. The van der Waals surface area contributed by atoms with Gasteiger partial charge in [0.25, 0.3) is 5.91 Å². The van der Waals surface area contributed by atoms with Gasteiger partial charge in [-0.05, 0) is 63.3 Å². The number of carbonyl (C=O) groups is 2. The molecule has 1 fully saturated rings. The van der Waals surface area contributed by atoms with Gasteiger partial charge in [-0.15, -0.1) is 0 Å². The third-order valence-electron chi connectivity index (χ3n) is 7.07. The van der Waals surface area contributed by atoms with Crippen LogP contribution in [-0.4, -0.2) is 49.8 Å².